The lowest BCUT2D eigenvalue weighted by Crippen LogP contribution is -2.32. The molecule has 0 aliphatic carbocycles. The first-order chi connectivity index (χ1) is 15.4. The van der Waals surface area contributed by atoms with E-state index < -0.39 is 6.10 Å². The van der Waals surface area contributed by atoms with Crippen LogP contribution in [0, 0.1) is 6.92 Å². The van der Waals surface area contributed by atoms with Gasteiger partial charge in [0.2, 0.25) is 0 Å². The number of hydrogen-bond donors (Lipinski definition) is 1. The number of ketones is 1. The maximum atomic E-state index is 13.0. The van der Waals surface area contributed by atoms with Crippen LogP contribution in [-0.2, 0) is 6.54 Å². The molecule has 162 valence electrons. The van der Waals surface area contributed by atoms with E-state index in [4.69, 9.17) is 4.74 Å². The first-order valence-electron chi connectivity index (χ1n) is 10.4. The zero-order chi connectivity index (χ0) is 22.7. The molecule has 6 nitrogen and oxygen atoms in total. The zero-order valence-corrected chi connectivity index (χ0v) is 18.0. The van der Waals surface area contributed by atoms with Gasteiger partial charge in [-0.1, -0.05) is 48.0 Å². The number of ether oxygens (including phenoxy) is 1. The standard InChI is InChI=1S/C26H24N2O4/c1-17-7-9-20(10-8-17)25-23-5-3-4-6-24(23)26(31)28(27-25)15-21(30)16-32-22-13-11-19(12-14-22)18(2)29/h3-14,21,30H,15-16H2,1-2H3. The molecule has 3 aromatic carbocycles. The second-order valence-corrected chi connectivity index (χ2v) is 7.79. The lowest BCUT2D eigenvalue weighted by atomic mass is 10.0. The van der Waals surface area contributed by atoms with Crippen LogP contribution in [0.1, 0.15) is 22.8 Å². The Morgan fingerprint density at radius 1 is 1.00 bits per heavy atom. The monoisotopic (exact) mass is 428 g/mol. The molecule has 1 unspecified atom stereocenters. The van der Waals surface area contributed by atoms with E-state index in [0.29, 0.717) is 22.4 Å². The van der Waals surface area contributed by atoms with E-state index in [2.05, 4.69) is 5.10 Å². The van der Waals surface area contributed by atoms with Crippen molar-refractivity contribution in [3.8, 4) is 17.0 Å². The summed E-state index contributed by atoms with van der Waals surface area (Å²) in [5.74, 6) is 0.510. The summed E-state index contributed by atoms with van der Waals surface area (Å²) < 4.78 is 6.92. The molecule has 1 N–H and O–H groups in total. The number of Topliss-reactive ketones (excluding diaryl/α,β-unsaturated/α-hetero) is 1. The van der Waals surface area contributed by atoms with E-state index >= 15 is 0 Å². The maximum absolute atomic E-state index is 13.0. The molecule has 0 spiro atoms. The number of carbonyl (C=O) groups excluding carboxylic acids is 1. The van der Waals surface area contributed by atoms with Crippen molar-refractivity contribution < 1.29 is 14.6 Å². The predicted molar refractivity (Wildman–Crippen MR) is 124 cm³/mol. The Bertz CT molecular complexity index is 1310. The topological polar surface area (TPSA) is 81.4 Å². The summed E-state index contributed by atoms with van der Waals surface area (Å²) in [5.41, 5.74) is 3.05. The van der Waals surface area contributed by atoms with Crippen molar-refractivity contribution in [2.45, 2.75) is 26.5 Å². The molecule has 1 heterocycles. The van der Waals surface area contributed by atoms with Gasteiger partial charge < -0.3 is 9.84 Å². The minimum Gasteiger partial charge on any atom is -0.491 e. The molecule has 1 atom stereocenters. The van der Waals surface area contributed by atoms with Gasteiger partial charge in [-0.25, -0.2) is 4.68 Å². The molecule has 0 aliphatic heterocycles. The summed E-state index contributed by atoms with van der Waals surface area (Å²) in [6.07, 6.45) is -0.945. The third kappa shape index (κ3) is 4.60. The first-order valence-corrected chi connectivity index (χ1v) is 10.4. The number of aliphatic hydroxyl groups is 1. The fraction of sp³-hybridized carbons (Fsp3) is 0.192. The van der Waals surface area contributed by atoms with Crippen LogP contribution in [0.2, 0.25) is 0 Å². The highest BCUT2D eigenvalue weighted by Crippen LogP contribution is 2.25. The van der Waals surface area contributed by atoms with Crippen LogP contribution in [0.4, 0.5) is 0 Å². The Morgan fingerprint density at radius 2 is 1.66 bits per heavy atom. The molecular formula is C26H24N2O4. The third-order valence-electron chi connectivity index (χ3n) is 5.28. The second-order valence-electron chi connectivity index (χ2n) is 7.79. The molecule has 0 fully saturated rings. The lowest BCUT2D eigenvalue weighted by molar-refractivity contribution is 0.0881. The first kappa shape index (κ1) is 21.5. The van der Waals surface area contributed by atoms with Crippen LogP contribution < -0.4 is 10.3 Å². The van der Waals surface area contributed by atoms with Gasteiger partial charge >= 0.3 is 0 Å². The number of aliphatic hydroxyl groups excluding tert-OH is 1. The molecule has 0 bridgehead atoms. The fourth-order valence-corrected chi connectivity index (χ4v) is 3.51. The lowest BCUT2D eigenvalue weighted by Gasteiger charge is -2.15. The van der Waals surface area contributed by atoms with E-state index in [9.17, 15) is 14.7 Å². The number of fused-ring (bicyclic) bond motifs is 1. The molecule has 4 rings (SSSR count). The van der Waals surface area contributed by atoms with E-state index in [1.54, 1.807) is 30.3 Å². The number of rotatable bonds is 7. The average Bonchev–Trinajstić information content (AvgIpc) is 2.80. The number of aromatic nitrogens is 2. The summed E-state index contributed by atoms with van der Waals surface area (Å²) in [5, 5.41) is 16.4. The molecule has 0 saturated carbocycles. The van der Waals surface area contributed by atoms with Crippen molar-refractivity contribution >= 4 is 16.6 Å². The van der Waals surface area contributed by atoms with Crippen molar-refractivity contribution in [1.29, 1.82) is 0 Å². The predicted octanol–water partition coefficient (Wildman–Crippen LogP) is 4.01. The number of carbonyl (C=O) groups is 1. The summed E-state index contributed by atoms with van der Waals surface area (Å²) in [6.45, 7) is 3.49. The number of hydrogen-bond acceptors (Lipinski definition) is 5. The van der Waals surface area contributed by atoms with Crippen molar-refractivity contribution in [2.75, 3.05) is 6.61 Å². The second kappa shape index (κ2) is 9.16. The Labute approximate surface area is 185 Å². The van der Waals surface area contributed by atoms with Crippen LogP contribution >= 0.6 is 0 Å². The van der Waals surface area contributed by atoms with Gasteiger partial charge in [0.1, 0.15) is 18.5 Å². The highest BCUT2D eigenvalue weighted by molar-refractivity contribution is 5.94. The van der Waals surface area contributed by atoms with Gasteiger partial charge in [0.05, 0.1) is 17.6 Å². The molecule has 0 amide bonds. The largest absolute Gasteiger partial charge is 0.491 e. The van der Waals surface area contributed by atoms with Crippen LogP contribution in [0.15, 0.2) is 77.6 Å². The summed E-state index contributed by atoms with van der Waals surface area (Å²) in [4.78, 5) is 24.4. The Balaban J connectivity index is 1.58. The van der Waals surface area contributed by atoms with E-state index in [0.717, 1.165) is 16.5 Å². The van der Waals surface area contributed by atoms with Gasteiger partial charge in [0, 0.05) is 16.5 Å². The quantitative estimate of drug-likeness (QED) is 0.450. The summed E-state index contributed by atoms with van der Waals surface area (Å²) in [7, 11) is 0. The van der Waals surface area contributed by atoms with Gasteiger partial charge in [-0.05, 0) is 44.2 Å². The van der Waals surface area contributed by atoms with Crippen LogP contribution in [-0.4, -0.2) is 33.4 Å². The van der Waals surface area contributed by atoms with Gasteiger partial charge in [-0.2, -0.15) is 5.10 Å². The number of nitrogens with zero attached hydrogens (tertiary/aromatic N) is 2. The number of benzene rings is 3. The fourth-order valence-electron chi connectivity index (χ4n) is 3.51. The van der Waals surface area contributed by atoms with E-state index in [1.807, 2.05) is 49.4 Å². The Hall–Kier alpha value is -3.77. The smallest absolute Gasteiger partial charge is 0.274 e. The highest BCUT2D eigenvalue weighted by atomic mass is 16.5. The van der Waals surface area contributed by atoms with Gasteiger partial charge in [-0.15, -0.1) is 0 Å². The Morgan fingerprint density at radius 3 is 2.31 bits per heavy atom. The molecule has 0 radical (unpaired) electrons. The van der Waals surface area contributed by atoms with Gasteiger partial charge in [0.15, 0.2) is 5.78 Å². The summed E-state index contributed by atoms with van der Waals surface area (Å²) >= 11 is 0. The molecule has 6 heteroatoms. The van der Waals surface area contributed by atoms with Gasteiger partial charge in [0.25, 0.3) is 5.56 Å². The van der Waals surface area contributed by atoms with Crippen LogP contribution in [0.25, 0.3) is 22.0 Å². The summed E-state index contributed by atoms with van der Waals surface area (Å²) in [6, 6.07) is 22.0. The average molecular weight is 428 g/mol. The van der Waals surface area contributed by atoms with Crippen molar-refractivity contribution in [1.82, 2.24) is 9.78 Å². The molecule has 32 heavy (non-hydrogen) atoms. The maximum Gasteiger partial charge on any atom is 0.274 e. The van der Waals surface area contributed by atoms with E-state index in [1.165, 1.54) is 11.6 Å². The van der Waals surface area contributed by atoms with E-state index in [-0.39, 0.29) is 24.5 Å². The van der Waals surface area contributed by atoms with Crippen molar-refractivity contribution in [3.63, 3.8) is 0 Å². The Kier molecular flexibility index (Phi) is 6.14. The molecular weight excluding hydrogens is 404 g/mol. The van der Waals surface area contributed by atoms with Crippen molar-refractivity contribution in [3.05, 3.63) is 94.3 Å². The highest BCUT2D eigenvalue weighted by Gasteiger charge is 2.15. The minimum atomic E-state index is -0.945. The van der Waals surface area contributed by atoms with Crippen molar-refractivity contribution in [2.24, 2.45) is 0 Å². The third-order valence-corrected chi connectivity index (χ3v) is 5.28. The molecule has 0 saturated heterocycles. The molecule has 1 aromatic heterocycles. The van der Waals surface area contributed by atoms with Crippen LogP contribution in [0.3, 0.4) is 0 Å². The molecule has 4 aromatic rings. The van der Waals surface area contributed by atoms with Crippen LogP contribution in [0.5, 0.6) is 5.75 Å². The number of aryl methyl sites for hydroxylation is 1. The zero-order valence-electron chi connectivity index (χ0n) is 18.0. The normalized spacial score (nSPS) is 12.0. The minimum absolute atomic E-state index is 0.00589. The SMILES string of the molecule is CC(=O)c1ccc(OCC(O)Cn2nc(-c3ccc(C)cc3)c3ccccc3c2=O)cc1. The molecule has 0 aliphatic rings. The van der Waals surface area contributed by atoms with Gasteiger partial charge in [-0.3, -0.25) is 9.59 Å².